The summed E-state index contributed by atoms with van der Waals surface area (Å²) < 4.78 is 2.00. The first-order valence-electron chi connectivity index (χ1n) is 5.80. The number of rotatable bonds is 3. The summed E-state index contributed by atoms with van der Waals surface area (Å²) in [6.07, 6.45) is 6.67. The summed E-state index contributed by atoms with van der Waals surface area (Å²) in [4.78, 5) is 3.99. The van der Waals surface area contributed by atoms with E-state index >= 15 is 0 Å². The van der Waals surface area contributed by atoms with E-state index in [0.29, 0.717) is 5.82 Å². The lowest BCUT2D eigenvalue weighted by atomic mass is 10.0. The first-order chi connectivity index (χ1) is 8.03. The van der Waals surface area contributed by atoms with Gasteiger partial charge in [-0.25, -0.2) is 4.98 Å². The Bertz CT molecular complexity index is 519. The Hall–Kier alpha value is -1.55. The third kappa shape index (κ3) is 2.82. The molecule has 0 unspecified atom stereocenters. The van der Waals surface area contributed by atoms with Gasteiger partial charge in [0, 0.05) is 18.0 Å². The van der Waals surface area contributed by atoms with Gasteiger partial charge in [-0.15, -0.1) is 12.4 Å². The van der Waals surface area contributed by atoms with E-state index in [0.717, 1.165) is 17.5 Å². The molecule has 2 N–H and O–H groups in total. The molecule has 2 aromatic rings. The van der Waals surface area contributed by atoms with Gasteiger partial charge in [-0.05, 0) is 38.0 Å². The number of halogens is 1. The molecule has 0 aromatic carbocycles. The average molecular weight is 267 g/mol. The lowest BCUT2D eigenvalue weighted by Gasteiger charge is -2.23. The molecule has 2 aromatic heterocycles. The highest BCUT2D eigenvalue weighted by Crippen LogP contribution is 2.24. The first-order valence-corrected chi connectivity index (χ1v) is 5.80. The van der Waals surface area contributed by atoms with Crippen molar-refractivity contribution in [3.8, 4) is 11.1 Å². The zero-order chi connectivity index (χ0) is 12.5. The Balaban J connectivity index is 0.00000162. The standard InChI is InChI=1S/C13H18N4.ClH/c1-4-13(2,3)17-9-11(8-16-17)10-5-6-15-12(14)7-10;/h5-9H,4H2,1-3H3,(H2,14,15);1H. The molecule has 0 bridgehead atoms. The van der Waals surface area contributed by atoms with Crippen LogP contribution in [-0.4, -0.2) is 14.8 Å². The predicted octanol–water partition coefficient (Wildman–Crippen LogP) is 3.09. The van der Waals surface area contributed by atoms with Crippen molar-refractivity contribution in [2.24, 2.45) is 0 Å². The Morgan fingerprint density at radius 2 is 2.06 bits per heavy atom. The minimum atomic E-state index is 0. The minimum absolute atomic E-state index is 0. The van der Waals surface area contributed by atoms with Crippen LogP contribution in [-0.2, 0) is 5.54 Å². The Morgan fingerprint density at radius 1 is 1.33 bits per heavy atom. The highest BCUT2D eigenvalue weighted by Gasteiger charge is 2.18. The number of hydrogen-bond donors (Lipinski definition) is 1. The summed E-state index contributed by atoms with van der Waals surface area (Å²) in [5, 5.41) is 4.42. The number of hydrogen-bond acceptors (Lipinski definition) is 3. The predicted molar refractivity (Wildman–Crippen MR) is 76.7 cm³/mol. The van der Waals surface area contributed by atoms with Gasteiger partial charge < -0.3 is 5.73 Å². The molecule has 98 valence electrons. The van der Waals surface area contributed by atoms with E-state index in [4.69, 9.17) is 5.73 Å². The SMILES string of the molecule is CCC(C)(C)n1cc(-c2ccnc(N)c2)cn1.Cl. The number of anilines is 1. The number of aromatic nitrogens is 3. The molecule has 4 nitrogen and oxygen atoms in total. The van der Waals surface area contributed by atoms with Gasteiger partial charge in [-0.3, -0.25) is 4.68 Å². The van der Waals surface area contributed by atoms with Crippen molar-refractivity contribution >= 4 is 18.2 Å². The third-order valence-corrected chi connectivity index (χ3v) is 3.18. The fourth-order valence-corrected chi connectivity index (χ4v) is 1.59. The maximum atomic E-state index is 5.68. The van der Waals surface area contributed by atoms with Crippen LogP contribution < -0.4 is 5.73 Å². The lowest BCUT2D eigenvalue weighted by molar-refractivity contribution is 0.308. The van der Waals surface area contributed by atoms with Crippen molar-refractivity contribution in [2.75, 3.05) is 5.73 Å². The van der Waals surface area contributed by atoms with E-state index < -0.39 is 0 Å². The molecule has 0 aliphatic rings. The van der Waals surface area contributed by atoms with Gasteiger partial charge in [-0.1, -0.05) is 6.92 Å². The second-order valence-electron chi connectivity index (χ2n) is 4.81. The molecule has 0 spiro atoms. The quantitative estimate of drug-likeness (QED) is 0.929. The molecule has 5 heteroatoms. The van der Waals surface area contributed by atoms with Crippen LogP contribution >= 0.6 is 12.4 Å². The number of pyridine rings is 1. The molecule has 0 atom stereocenters. The molecule has 2 rings (SSSR count). The van der Waals surface area contributed by atoms with Crippen molar-refractivity contribution in [2.45, 2.75) is 32.7 Å². The first kappa shape index (κ1) is 14.5. The monoisotopic (exact) mass is 266 g/mol. The highest BCUT2D eigenvalue weighted by molar-refractivity contribution is 5.85. The van der Waals surface area contributed by atoms with Crippen molar-refractivity contribution in [1.82, 2.24) is 14.8 Å². The summed E-state index contributed by atoms with van der Waals surface area (Å²) in [5.41, 5.74) is 7.84. The van der Waals surface area contributed by atoms with Gasteiger partial charge in [0.2, 0.25) is 0 Å². The van der Waals surface area contributed by atoms with Gasteiger partial charge in [0.1, 0.15) is 5.82 Å². The van der Waals surface area contributed by atoms with Crippen molar-refractivity contribution in [3.63, 3.8) is 0 Å². The summed E-state index contributed by atoms with van der Waals surface area (Å²) in [5.74, 6) is 0.532. The fourth-order valence-electron chi connectivity index (χ4n) is 1.59. The second-order valence-corrected chi connectivity index (χ2v) is 4.81. The molecule has 0 radical (unpaired) electrons. The normalized spacial score (nSPS) is 11.1. The summed E-state index contributed by atoms with van der Waals surface area (Å²) in [6.45, 7) is 6.50. The van der Waals surface area contributed by atoms with Crippen LogP contribution in [0.25, 0.3) is 11.1 Å². The van der Waals surface area contributed by atoms with Crippen LogP contribution in [0.3, 0.4) is 0 Å². The molecular weight excluding hydrogens is 248 g/mol. The lowest BCUT2D eigenvalue weighted by Crippen LogP contribution is -2.25. The summed E-state index contributed by atoms with van der Waals surface area (Å²) in [6, 6.07) is 3.80. The van der Waals surface area contributed by atoms with Crippen LogP contribution in [0.4, 0.5) is 5.82 Å². The molecular formula is C13H19ClN4. The maximum Gasteiger partial charge on any atom is 0.123 e. The third-order valence-electron chi connectivity index (χ3n) is 3.18. The van der Waals surface area contributed by atoms with Gasteiger partial charge in [0.05, 0.1) is 11.7 Å². The topological polar surface area (TPSA) is 56.7 Å². The van der Waals surface area contributed by atoms with Crippen molar-refractivity contribution in [3.05, 3.63) is 30.7 Å². The van der Waals surface area contributed by atoms with Crippen LogP contribution in [0.2, 0.25) is 0 Å². The molecule has 0 saturated carbocycles. The van der Waals surface area contributed by atoms with E-state index in [1.165, 1.54) is 0 Å². The molecule has 0 aliphatic carbocycles. The van der Waals surface area contributed by atoms with Crippen molar-refractivity contribution < 1.29 is 0 Å². The molecule has 2 heterocycles. The Labute approximate surface area is 114 Å². The number of nitrogen functional groups attached to an aromatic ring is 1. The van der Waals surface area contributed by atoms with E-state index in [9.17, 15) is 0 Å². The minimum Gasteiger partial charge on any atom is -0.384 e. The van der Waals surface area contributed by atoms with E-state index in [1.54, 1.807) is 6.20 Å². The van der Waals surface area contributed by atoms with E-state index in [-0.39, 0.29) is 17.9 Å². The summed E-state index contributed by atoms with van der Waals surface area (Å²) >= 11 is 0. The second kappa shape index (κ2) is 5.40. The van der Waals surface area contributed by atoms with Gasteiger partial charge in [0.25, 0.3) is 0 Å². The largest absolute Gasteiger partial charge is 0.384 e. The van der Waals surface area contributed by atoms with Crippen LogP contribution in [0.5, 0.6) is 0 Å². The van der Waals surface area contributed by atoms with Crippen LogP contribution in [0.15, 0.2) is 30.7 Å². The number of nitrogens with two attached hydrogens (primary N) is 1. The summed E-state index contributed by atoms with van der Waals surface area (Å²) in [7, 11) is 0. The zero-order valence-corrected chi connectivity index (χ0v) is 11.7. The molecule has 0 saturated heterocycles. The van der Waals surface area contributed by atoms with Gasteiger partial charge in [-0.2, -0.15) is 5.10 Å². The molecule has 0 fully saturated rings. The van der Waals surface area contributed by atoms with Gasteiger partial charge in [0.15, 0.2) is 0 Å². The zero-order valence-electron chi connectivity index (χ0n) is 10.9. The average Bonchev–Trinajstić information content (AvgIpc) is 2.79. The Kier molecular flexibility index (Phi) is 4.35. The van der Waals surface area contributed by atoms with Crippen LogP contribution in [0, 0.1) is 0 Å². The highest BCUT2D eigenvalue weighted by atomic mass is 35.5. The fraction of sp³-hybridized carbons (Fsp3) is 0.385. The van der Waals surface area contributed by atoms with Gasteiger partial charge >= 0.3 is 0 Å². The number of nitrogens with zero attached hydrogens (tertiary/aromatic N) is 3. The van der Waals surface area contributed by atoms with E-state index in [2.05, 4.69) is 37.1 Å². The maximum absolute atomic E-state index is 5.68. The van der Waals surface area contributed by atoms with Crippen LogP contribution in [0.1, 0.15) is 27.2 Å². The smallest absolute Gasteiger partial charge is 0.123 e. The van der Waals surface area contributed by atoms with Crippen molar-refractivity contribution in [1.29, 1.82) is 0 Å². The Morgan fingerprint density at radius 3 is 2.67 bits per heavy atom. The van der Waals surface area contributed by atoms with E-state index in [1.807, 2.05) is 23.0 Å². The molecule has 0 aliphatic heterocycles. The molecule has 0 amide bonds. The molecule has 18 heavy (non-hydrogen) atoms.